The van der Waals surface area contributed by atoms with Crippen LogP contribution in [0.4, 0.5) is 4.39 Å². The molecule has 0 aliphatic heterocycles. The van der Waals surface area contributed by atoms with Crippen molar-refractivity contribution < 1.29 is 9.13 Å². The van der Waals surface area contributed by atoms with Crippen molar-refractivity contribution in [1.29, 1.82) is 5.26 Å². The zero-order chi connectivity index (χ0) is 10.9. The molecule has 0 spiro atoms. The molecule has 0 bridgehead atoms. The van der Waals surface area contributed by atoms with Gasteiger partial charge in [-0.05, 0) is 25.0 Å². The molecule has 0 atom stereocenters. The summed E-state index contributed by atoms with van der Waals surface area (Å²) in [4.78, 5) is 0. The highest BCUT2D eigenvalue weighted by Gasteiger charge is 2.39. The fourth-order valence-corrected chi connectivity index (χ4v) is 1.26. The highest BCUT2D eigenvalue weighted by molar-refractivity contribution is 5.43. The second kappa shape index (κ2) is 3.52. The lowest BCUT2D eigenvalue weighted by molar-refractivity contribution is 0.277. The highest BCUT2D eigenvalue weighted by Crippen LogP contribution is 2.33. The molecule has 0 radical (unpaired) electrons. The number of ether oxygens (including phenoxy) is 1. The Bertz CT molecular complexity index is 421. The number of rotatable bonds is 3. The van der Waals surface area contributed by atoms with Crippen molar-refractivity contribution in [3.05, 3.63) is 29.6 Å². The van der Waals surface area contributed by atoms with Crippen LogP contribution in [0.25, 0.3) is 0 Å². The smallest absolute Gasteiger partial charge is 0.144 e. The van der Waals surface area contributed by atoms with Crippen LogP contribution in [0.2, 0.25) is 0 Å². The molecule has 3 nitrogen and oxygen atoms in total. The standard InChI is InChI=1S/C11H11FN2O/c12-9-2-1-3-10(8(9)6-13)15-7-11(14)4-5-11/h1-3H,4-5,7,14H2. The van der Waals surface area contributed by atoms with Gasteiger partial charge in [0.25, 0.3) is 0 Å². The minimum absolute atomic E-state index is 0.0539. The molecular weight excluding hydrogens is 195 g/mol. The van der Waals surface area contributed by atoms with Gasteiger partial charge in [-0.3, -0.25) is 0 Å². The quantitative estimate of drug-likeness (QED) is 0.816. The first kappa shape index (κ1) is 9.94. The van der Waals surface area contributed by atoms with E-state index in [1.807, 2.05) is 0 Å². The van der Waals surface area contributed by atoms with Crippen LogP contribution in [-0.4, -0.2) is 12.1 Å². The molecule has 15 heavy (non-hydrogen) atoms. The summed E-state index contributed by atoms with van der Waals surface area (Å²) in [6.07, 6.45) is 1.84. The van der Waals surface area contributed by atoms with Crippen LogP contribution >= 0.6 is 0 Å². The molecule has 2 N–H and O–H groups in total. The fraction of sp³-hybridized carbons (Fsp3) is 0.364. The van der Waals surface area contributed by atoms with Gasteiger partial charge in [-0.15, -0.1) is 0 Å². The highest BCUT2D eigenvalue weighted by atomic mass is 19.1. The first-order valence-electron chi connectivity index (χ1n) is 4.75. The Morgan fingerprint density at radius 1 is 1.53 bits per heavy atom. The van der Waals surface area contributed by atoms with Gasteiger partial charge < -0.3 is 10.5 Å². The van der Waals surface area contributed by atoms with E-state index in [1.54, 1.807) is 12.1 Å². The Hall–Kier alpha value is -1.60. The van der Waals surface area contributed by atoms with Crippen molar-refractivity contribution >= 4 is 0 Å². The number of nitrogens with zero attached hydrogens (tertiary/aromatic N) is 1. The maximum atomic E-state index is 13.2. The predicted molar refractivity (Wildman–Crippen MR) is 52.8 cm³/mol. The summed E-state index contributed by atoms with van der Waals surface area (Å²) in [5.74, 6) is -0.286. The van der Waals surface area contributed by atoms with E-state index in [-0.39, 0.29) is 16.9 Å². The average molecular weight is 206 g/mol. The van der Waals surface area contributed by atoms with Crippen LogP contribution in [0.3, 0.4) is 0 Å². The lowest BCUT2D eigenvalue weighted by atomic mass is 10.2. The molecule has 0 saturated heterocycles. The van der Waals surface area contributed by atoms with Gasteiger partial charge in [0, 0.05) is 0 Å². The molecule has 0 unspecified atom stereocenters. The van der Waals surface area contributed by atoms with E-state index in [1.165, 1.54) is 12.1 Å². The van der Waals surface area contributed by atoms with Crippen molar-refractivity contribution in [2.24, 2.45) is 5.73 Å². The topological polar surface area (TPSA) is 59.0 Å². The number of nitriles is 1. The summed E-state index contributed by atoms with van der Waals surface area (Å²) in [6.45, 7) is 0.338. The maximum absolute atomic E-state index is 13.2. The van der Waals surface area contributed by atoms with Crippen LogP contribution in [0.15, 0.2) is 18.2 Å². The molecule has 2 rings (SSSR count). The first-order chi connectivity index (χ1) is 7.14. The zero-order valence-electron chi connectivity index (χ0n) is 8.16. The molecule has 1 fully saturated rings. The molecule has 0 heterocycles. The minimum Gasteiger partial charge on any atom is -0.490 e. The van der Waals surface area contributed by atoms with Gasteiger partial charge in [0.05, 0.1) is 5.54 Å². The lowest BCUT2D eigenvalue weighted by Gasteiger charge is -2.12. The second-order valence-electron chi connectivity index (χ2n) is 3.88. The van der Waals surface area contributed by atoms with Gasteiger partial charge in [-0.2, -0.15) is 5.26 Å². The predicted octanol–water partition coefficient (Wildman–Crippen LogP) is 1.57. The Labute approximate surface area is 87.3 Å². The van der Waals surface area contributed by atoms with Gasteiger partial charge in [0.1, 0.15) is 29.8 Å². The van der Waals surface area contributed by atoms with Crippen molar-refractivity contribution in [1.82, 2.24) is 0 Å². The number of halogens is 1. The number of hydrogen-bond donors (Lipinski definition) is 1. The molecule has 1 aromatic carbocycles. The summed E-state index contributed by atoms with van der Waals surface area (Å²) in [5, 5.41) is 8.74. The molecule has 1 aliphatic carbocycles. The second-order valence-corrected chi connectivity index (χ2v) is 3.88. The molecule has 1 saturated carbocycles. The van der Waals surface area contributed by atoms with Crippen molar-refractivity contribution in [3.8, 4) is 11.8 Å². The third-order valence-electron chi connectivity index (χ3n) is 2.49. The van der Waals surface area contributed by atoms with Crippen LogP contribution in [0.1, 0.15) is 18.4 Å². The van der Waals surface area contributed by atoms with Gasteiger partial charge in [-0.25, -0.2) is 4.39 Å². The van der Waals surface area contributed by atoms with Crippen LogP contribution in [-0.2, 0) is 0 Å². The maximum Gasteiger partial charge on any atom is 0.144 e. The van der Waals surface area contributed by atoms with E-state index >= 15 is 0 Å². The van der Waals surface area contributed by atoms with Crippen LogP contribution in [0, 0.1) is 17.1 Å². The zero-order valence-corrected chi connectivity index (χ0v) is 8.16. The van der Waals surface area contributed by atoms with Gasteiger partial charge in [0.2, 0.25) is 0 Å². The number of benzene rings is 1. The van der Waals surface area contributed by atoms with E-state index < -0.39 is 5.82 Å². The normalized spacial score (nSPS) is 16.9. The summed E-state index contributed by atoms with van der Waals surface area (Å²) < 4.78 is 18.5. The number of hydrogen-bond acceptors (Lipinski definition) is 3. The molecular formula is C11H11FN2O. The van der Waals surface area contributed by atoms with Crippen LogP contribution < -0.4 is 10.5 Å². The summed E-state index contributed by atoms with van der Waals surface area (Å²) in [7, 11) is 0. The van der Waals surface area contributed by atoms with Crippen molar-refractivity contribution in [2.45, 2.75) is 18.4 Å². The van der Waals surface area contributed by atoms with Crippen molar-refractivity contribution in [2.75, 3.05) is 6.61 Å². The molecule has 1 aliphatic rings. The largest absolute Gasteiger partial charge is 0.490 e. The van der Waals surface area contributed by atoms with Crippen LogP contribution in [0.5, 0.6) is 5.75 Å². The van der Waals surface area contributed by atoms with Gasteiger partial charge in [0.15, 0.2) is 0 Å². The van der Waals surface area contributed by atoms with E-state index in [0.29, 0.717) is 6.61 Å². The first-order valence-corrected chi connectivity index (χ1v) is 4.75. The summed E-state index contributed by atoms with van der Waals surface area (Å²) >= 11 is 0. The third kappa shape index (κ3) is 2.08. The minimum atomic E-state index is -0.558. The molecule has 0 amide bonds. The molecule has 78 valence electrons. The van der Waals surface area contributed by atoms with E-state index in [9.17, 15) is 4.39 Å². The van der Waals surface area contributed by atoms with Crippen molar-refractivity contribution in [3.63, 3.8) is 0 Å². The summed E-state index contributed by atoms with van der Waals surface area (Å²) in [5.41, 5.74) is 5.50. The summed E-state index contributed by atoms with van der Waals surface area (Å²) in [6, 6.07) is 6.11. The SMILES string of the molecule is N#Cc1c(F)cccc1OCC1(N)CC1. The Morgan fingerprint density at radius 2 is 2.27 bits per heavy atom. The average Bonchev–Trinajstić information content (AvgIpc) is 2.94. The van der Waals surface area contributed by atoms with E-state index in [0.717, 1.165) is 12.8 Å². The Balaban J connectivity index is 2.14. The lowest BCUT2D eigenvalue weighted by Crippen LogP contribution is -2.30. The molecule has 1 aromatic rings. The van der Waals surface area contributed by atoms with E-state index in [4.69, 9.17) is 15.7 Å². The van der Waals surface area contributed by atoms with E-state index in [2.05, 4.69) is 0 Å². The Kier molecular flexibility index (Phi) is 2.33. The fourth-order valence-electron chi connectivity index (χ4n) is 1.26. The van der Waals surface area contributed by atoms with Gasteiger partial charge in [-0.1, -0.05) is 6.07 Å². The molecule has 4 heteroatoms. The Morgan fingerprint density at radius 3 is 2.87 bits per heavy atom. The monoisotopic (exact) mass is 206 g/mol. The number of nitrogens with two attached hydrogens (primary N) is 1. The van der Waals surface area contributed by atoms with Gasteiger partial charge >= 0.3 is 0 Å². The molecule has 0 aromatic heterocycles. The third-order valence-corrected chi connectivity index (χ3v) is 2.49.